The molecule has 1 aliphatic rings. The second-order valence-electron chi connectivity index (χ2n) is 7.82. The summed E-state index contributed by atoms with van der Waals surface area (Å²) in [5.41, 5.74) is 6.08. The highest BCUT2D eigenvalue weighted by Gasteiger charge is 2.43. The van der Waals surface area contributed by atoms with Gasteiger partial charge in [0.15, 0.2) is 0 Å². The molecule has 1 amide bonds. The van der Waals surface area contributed by atoms with E-state index in [0.29, 0.717) is 5.69 Å². The fraction of sp³-hybridized carbons (Fsp3) is 0.474. The van der Waals surface area contributed by atoms with Gasteiger partial charge in [-0.25, -0.2) is 0 Å². The molecule has 6 heteroatoms. The monoisotopic (exact) mass is 342 g/mol. The Labute approximate surface area is 148 Å². The van der Waals surface area contributed by atoms with Crippen LogP contribution in [0.15, 0.2) is 36.0 Å². The number of amides is 1. The summed E-state index contributed by atoms with van der Waals surface area (Å²) in [5.74, 6) is -0.456. The fourth-order valence-electron chi connectivity index (χ4n) is 3.77. The van der Waals surface area contributed by atoms with Crippen LogP contribution in [0.25, 0.3) is 0 Å². The third kappa shape index (κ3) is 4.31. The van der Waals surface area contributed by atoms with Crippen LogP contribution < -0.4 is 11.1 Å². The number of carbonyl (C=O) groups is 1. The number of phenols is 1. The number of nitrogens with two attached hydrogens (primary N) is 1. The minimum Gasteiger partial charge on any atom is -0.508 e. The molecule has 1 heterocycles. The molecule has 134 valence electrons. The molecule has 0 saturated carbocycles. The molecule has 0 radical (unpaired) electrons. The summed E-state index contributed by atoms with van der Waals surface area (Å²) in [6.45, 7) is 8.25. The molecule has 4 N–H and O–H groups in total. The molecule has 0 spiro atoms. The summed E-state index contributed by atoms with van der Waals surface area (Å²) in [7, 11) is 0. The van der Waals surface area contributed by atoms with Gasteiger partial charge in [0.1, 0.15) is 17.4 Å². The van der Waals surface area contributed by atoms with E-state index in [1.807, 2.05) is 6.07 Å². The number of anilines is 1. The number of likely N-dealkylation sites (tertiary alicyclic amines) is 1. The Kier molecular flexibility index (Phi) is 5.09. The van der Waals surface area contributed by atoms with Crippen molar-refractivity contribution in [1.82, 2.24) is 4.90 Å². The molecular weight excluding hydrogens is 316 g/mol. The van der Waals surface area contributed by atoms with Gasteiger partial charge in [0.2, 0.25) is 0 Å². The summed E-state index contributed by atoms with van der Waals surface area (Å²) in [5, 5.41) is 21.6. The van der Waals surface area contributed by atoms with Gasteiger partial charge in [0, 0.05) is 35.1 Å². The zero-order valence-electron chi connectivity index (χ0n) is 15.2. The van der Waals surface area contributed by atoms with Gasteiger partial charge in [0.05, 0.1) is 0 Å². The van der Waals surface area contributed by atoms with Gasteiger partial charge < -0.3 is 21.1 Å². The molecule has 25 heavy (non-hydrogen) atoms. The number of piperidine rings is 1. The Balaban J connectivity index is 2.29. The maximum absolute atomic E-state index is 12.5. The second kappa shape index (κ2) is 6.77. The smallest absolute Gasteiger partial charge is 0.267 e. The number of benzene rings is 1. The minimum absolute atomic E-state index is 0.0139. The quantitative estimate of drug-likeness (QED) is 0.579. The van der Waals surface area contributed by atoms with Crippen molar-refractivity contribution in [1.29, 1.82) is 5.26 Å². The lowest BCUT2D eigenvalue weighted by molar-refractivity contribution is -0.112. The molecule has 0 bridgehead atoms. The van der Waals surface area contributed by atoms with Crippen LogP contribution in [0.2, 0.25) is 0 Å². The Morgan fingerprint density at radius 1 is 1.36 bits per heavy atom. The lowest BCUT2D eigenvalue weighted by atomic mass is 9.77. The number of carbonyl (C=O) groups excluding carboxylic acids is 1. The molecule has 1 aliphatic heterocycles. The van der Waals surface area contributed by atoms with Crippen molar-refractivity contribution in [3.63, 3.8) is 0 Å². The highest BCUT2D eigenvalue weighted by Crippen LogP contribution is 2.38. The number of phenolic OH excluding ortho intramolecular Hbond substituents is 1. The maximum atomic E-state index is 12.5. The standard InChI is InChI=1S/C19H26N4O2/c1-18(2)9-14(21)10-19(3,4)23(18)12-13(11-20)17(25)22-15-6-5-7-16(24)8-15/h5-8,12,14,24H,9-10,21H2,1-4H3,(H,22,25)/b13-12-. The van der Waals surface area contributed by atoms with E-state index in [1.54, 1.807) is 18.3 Å². The molecular formula is C19H26N4O2. The first-order valence-corrected chi connectivity index (χ1v) is 8.32. The number of hydrogen-bond donors (Lipinski definition) is 3. The molecule has 1 saturated heterocycles. The van der Waals surface area contributed by atoms with E-state index in [4.69, 9.17) is 5.73 Å². The van der Waals surface area contributed by atoms with E-state index in [9.17, 15) is 15.2 Å². The van der Waals surface area contributed by atoms with Crippen LogP contribution in [-0.4, -0.2) is 33.0 Å². The zero-order valence-corrected chi connectivity index (χ0v) is 15.2. The van der Waals surface area contributed by atoms with Crippen LogP contribution in [0.1, 0.15) is 40.5 Å². The third-order valence-electron chi connectivity index (χ3n) is 4.56. The molecule has 0 aromatic heterocycles. The maximum Gasteiger partial charge on any atom is 0.267 e. The molecule has 1 aromatic rings. The number of hydrogen-bond acceptors (Lipinski definition) is 5. The van der Waals surface area contributed by atoms with Gasteiger partial charge in [-0.3, -0.25) is 4.79 Å². The predicted molar refractivity (Wildman–Crippen MR) is 97.6 cm³/mol. The average molecular weight is 342 g/mol. The number of nitriles is 1. The topological polar surface area (TPSA) is 102 Å². The predicted octanol–water partition coefficient (Wildman–Crippen LogP) is 2.72. The van der Waals surface area contributed by atoms with Crippen LogP contribution in [0.5, 0.6) is 5.75 Å². The first kappa shape index (κ1) is 18.8. The Bertz CT molecular complexity index is 713. The van der Waals surface area contributed by atoms with Crippen molar-refractivity contribution in [2.75, 3.05) is 5.32 Å². The number of nitrogens with zero attached hydrogens (tertiary/aromatic N) is 2. The van der Waals surface area contributed by atoms with Crippen molar-refractivity contribution in [2.45, 2.75) is 57.7 Å². The van der Waals surface area contributed by atoms with Crippen molar-refractivity contribution < 1.29 is 9.90 Å². The van der Waals surface area contributed by atoms with Gasteiger partial charge in [0.25, 0.3) is 5.91 Å². The first-order valence-electron chi connectivity index (χ1n) is 8.32. The van der Waals surface area contributed by atoms with Crippen LogP contribution in [-0.2, 0) is 4.79 Å². The van der Waals surface area contributed by atoms with E-state index in [0.717, 1.165) is 12.8 Å². The number of nitrogens with one attached hydrogen (secondary N) is 1. The lowest BCUT2D eigenvalue weighted by Gasteiger charge is -2.54. The van der Waals surface area contributed by atoms with Crippen molar-refractivity contribution in [3.8, 4) is 11.8 Å². The van der Waals surface area contributed by atoms with E-state index in [-0.39, 0.29) is 28.4 Å². The summed E-state index contributed by atoms with van der Waals surface area (Å²) >= 11 is 0. The van der Waals surface area contributed by atoms with E-state index < -0.39 is 5.91 Å². The summed E-state index contributed by atoms with van der Waals surface area (Å²) in [4.78, 5) is 14.5. The average Bonchev–Trinajstić information content (AvgIpc) is 2.44. The lowest BCUT2D eigenvalue weighted by Crippen LogP contribution is -2.61. The largest absolute Gasteiger partial charge is 0.508 e. The van der Waals surface area contributed by atoms with E-state index in [1.165, 1.54) is 12.1 Å². The number of aromatic hydroxyl groups is 1. The Morgan fingerprint density at radius 2 is 1.96 bits per heavy atom. The van der Waals surface area contributed by atoms with Gasteiger partial charge in [-0.2, -0.15) is 5.26 Å². The summed E-state index contributed by atoms with van der Waals surface area (Å²) in [6.07, 6.45) is 3.18. The summed E-state index contributed by atoms with van der Waals surface area (Å²) < 4.78 is 0. The van der Waals surface area contributed by atoms with Crippen LogP contribution >= 0.6 is 0 Å². The molecule has 1 aromatic carbocycles. The Hall–Kier alpha value is -2.52. The molecule has 0 atom stereocenters. The zero-order chi connectivity index (χ0) is 18.8. The molecule has 1 fully saturated rings. The molecule has 0 unspecified atom stereocenters. The molecule has 6 nitrogen and oxygen atoms in total. The van der Waals surface area contributed by atoms with Crippen LogP contribution in [0.3, 0.4) is 0 Å². The Morgan fingerprint density at radius 3 is 2.48 bits per heavy atom. The van der Waals surface area contributed by atoms with Crippen molar-refractivity contribution in [2.24, 2.45) is 5.73 Å². The van der Waals surface area contributed by atoms with Crippen LogP contribution in [0.4, 0.5) is 5.69 Å². The van der Waals surface area contributed by atoms with Gasteiger partial charge in [-0.05, 0) is 52.7 Å². The normalized spacial score (nSPS) is 20.0. The van der Waals surface area contributed by atoms with Gasteiger partial charge in [-0.1, -0.05) is 6.07 Å². The van der Waals surface area contributed by atoms with E-state index in [2.05, 4.69) is 37.9 Å². The SMILES string of the molecule is CC1(C)CC(N)CC(C)(C)N1/C=C(/C#N)C(=O)Nc1cccc(O)c1. The first-order chi connectivity index (χ1) is 11.5. The van der Waals surface area contributed by atoms with Crippen molar-refractivity contribution in [3.05, 3.63) is 36.0 Å². The minimum atomic E-state index is -0.505. The second-order valence-corrected chi connectivity index (χ2v) is 7.82. The molecule has 0 aliphatic carbocycles. The van der Waals surface area contributed by atoms with E-state index >= 15 is 0 Å². The fourth-order valence-corrected chi connectivity index (χ4v) is 3.77. The van der Waals surface area contributed by atoms with Crippen LogP contribution in [0, 0.1) is 11.3 Å². The van der Waals surface area contributed by atoms with Gasteiger partial charge in [-0.15, -0.1) is 0 Å². The highest BCUT2D eigenvalue weighted by atomic mass is 16.3. The van der Waals surface area contributed by atoms with Gasteiger partial charge >= 0.3 is 0 Å². The third-order valence-corrected chi connectivity index (χ3v) is 4.56. The van der Waals surface area contributed by atoms with Crippen molar-refractivity contribution >= 4 is 11.6 Å². The highest BCUT2D eigenvalue weighted by molar-refractivity contribution is 6.06. The number of rotatable bonds is 3. The molecule has 2 rings (SSSR count). The summed E-state index contributed by atoms with van der Waals surface area (Å²) in [6, 6.07) is 8.29.